The van der Waals surface area contributed by atoms with Gasteiger partial charge in [-0.15, -0.1) is 0 Å². The van der Waals surface area contributed by atoms with E-state index in [1.807, 2.05) is 43.3 Å². The number of rotatable bonds is 5. The lowest BCUT2D eigenvalue weighted by atomic mass is 10.2. The standard InChI is InChI=1S/C15H17N3O/c1-2-13-10-14(18-17-13)11-16-15(19)9-8-12-6-4-3-5-7-12/h3-10H,2,11H2,1H3,(H,16,19)(H,17,18)/b9-8+. The maximum Gasteiger partial charge on any atom is 0.244 e. The van der Waals surface area contributed by atoms with Crippen molar-refractivity contribution < 1.29 is 4.79 Å². The topological polar surface area (TPSA) is 57.8 Å². The second-order valence-corrected chi connectivity index (χ2v) is 4.20. The van der Waals surface area contributed by atoms with Crippen molar-refractivity contribution >= 4 is 12.0 Å². The molecule has 2 N–H and O–H groups in total. The lowest BCUT2D eigenvalue weighted by Gasteiger charge is -1.98. The van der Waals surface area contributed by atoms with Crippen LogP contribution >= 0.6 is 0 Å². The molecule has 0 unspecified atom stereocenters. The van der Waals surface area contributed by atoms with Crippen molar-refractivity contribution in [2.45, 2.75) is 19.9 Å². The van der Waals surface area contributed by atoms with Gasteiger partial charge in [0.1, 0.15) is 0 Å². The van der Waals surface area contributed by atoms with E-state index < -0.39 is 0 Å². The Morgan fingerprint density at radius 1 is 1.37 bits per heavy atom. The van der Waals surface area contributed by atoms with Crippen LogP contribution in [0.2, 0.25) is 0 Å². The van der Waals surface area contributed by atoms with Gasteiger partial charge < -0.3 is 5.32 Å². The normalized spacial score (nSPS) is 10.8. The van der Waals surface area contributed by atoms with Gasteiger partial charge in [-0.05, 0) is 24.1 Å². The fraction of sp³-hybridized carbons (Fsp3) is 0.200. The van der Waals surface area contributed by atoms with Gasteiger partial charge in [0.15, 0.2) is 0 Å². The van der Waals surface area contributed by atoms with Gasteiger partial charge in [-0.3, -0.25) is 9.89 Å². The number of aryl methyl sites for hydroxylation is 1. The molecule has 0 bridgehead atoms. The van der Waals surface area contributed by atoms with Gasteiger partial charge in [0.2, 0.25) is 5.91 Å². The lowest BCUT2D eigenvalue weighted by Crippen LogP contribution is -2.20. The van der Waals surface area contributed by atoms with Gasteiger partial charge in [-0.25, -0.2) is 0 Å². The number of hydrogen-bond donors (Lipinski definition) is 2. The number of amides is 1. The van der Waals surface area contributed by atoms with Gasteiger partial charge in [-0.1, -0.05) is 37.3 Å². The number of benzene rings is 1. The van der Waals surface area contributed by atoms with Crippen LogP contribution in [0.15, 0.2) is 42.5 Å². The third kappa shape index (κ3) is 4.10. The Bertz CT molecular complexity index is 558. The third-order valence-corrected chi connectivity index (χ3v) is 2.73. The van der Waals surface area contributed by atoms with Gasteiger partial charge in [0.25, 0.3) is 0 Å². The Labute approximate surface area is 112 Å². The minimum absolute atomic E-state index is 0.114. The summed E-state index contributed by atoms with van der Waals surface area (Å²) in [4.78, 5) is 11.6. The number of carbonyl (C=O) groups is 1. The molecule has 2 rings (SSSR count). The molecule has 0 saturated carbocycles. The number of hydrogen-bond acceptors (Lipinski definition) is 2. The molecule has 98 valence electrons. The van der Waals surface area contributed by atoms with Crippen molar-refractivity contribution in [3.63, 3.8) is 0 Å². The SMILES string of the molecule is CCc1cc(CNC(=O)/C=C/c2ccccc2)[nH]n1. The predicted molar refractivity (Wildman–Crippen MR) is 75.3 cm³/mol. The van der Waals surface area contributed by atoms with Gasteiger partial charge in [-0.2, -0.15) is 5.10 Å². The molecular formula is C15H17N3O. The van der Waals surface area contributed by atoms with E-state index in [-0.39, 0.29) is 5.91 Å². The summed E-state index contributed by atoms with van der Waals surface area (Å²) in [6, 6.07) is 11.7. The smallest absolute Gasteiger partial charge is 0.244 e. The van der Waals surface area contributed by atoms with Crippen LogP contribution in [0.25, 0.3) is 6.08 Å². The van der Waals surface area contributed by atoms with Crippen LogP contribution in [0, 0.1) is 0 Å². The summed E-state index contributed by atoms with van der Waals surface area (Å²) < 4.78 is 0. The first-order valence-electron chi connectivity index (χ1n) is 6.32. The average molecular weight is 255 g/mol. The molecular weight excluding hydrogens is 238 g/mol. The van der Waals surface area contributed by atoms with Crippen LogP contribution in [0.5, 0.6) is 0 Å². The molecule has 0 fully saturated rings. The number of nitrogens with one attached hydrogen (secondary N) is 2. The fourth-order valence-electron chi connectivity index (χ4n) is 1.66. The predicted octanol–water partition coefficient (Wildman–Crippen LogP) is 2.30. The van der Waals surface area contributed by atoms with Crippen LogP contribution < -0.4 is 5.32 Å². The number of carbonyl (C=O) groups excluding carboxylic acids is 1. The molecule has 0 spiro atoms. The van der Waals surface area contributed by atoms with E-state index in [0.29, 0.717) is 6.54 Å². The molecule has 1 amide bonds. The highest BCUT2D eigenvalue weighted by atomic mass is 16.1. The quantitative estimate of drug-likeness (QED) is 0.805. The second kappa shape index (κ2) is 6.54. The first-order valence-corrected chi connectivity index (χ1v) is 6.32. The van der Waals surface area contributed by atoms with Crippen molar-refractivity contribution in [1.82, 2.24) is 15.5 Å². The summed E-state index contributed by atoms with van der Waals surface area (Å²) in [7, 11) is 0. The molecule has 1 heterocycles. The third-order valence-electron chi connectivity index (χ3n) is 2.73. The zero-order valence-corrected chi connectivity index (χ0v) is 10.9. The molecule has 2 aromatic rings. The number of H-pyrrole nitrogens is 1. The molecule has 0 atom stereocenters. The summed E-state index contributed by atoms with van der Waals surface area (Å²) in [5.41, 5.74) is 2.93. The van der Waals surface area contributed by atoms with Crippen molar-refractivity contribution in [2.24, 2.45) is 0 Å². The highest BCUT2D eigenvalue weighted by Gasteiger charge is 2.00. The van der Waals surface area contributed by atoms with Gasteiger partial charge in [0.05, 0.1) is 17.9 Å². The van der Waals surface area contributed by atoms with Gasteiger partial charge in [0, 0.05) is 6.08 Å². The summed E-state index contributed by atoms with van der Waals surface area (Å²) in [6.07, 6.45) is 4.21. The molecule has 1 aromatic carbocycles. The molecule has 4 nitrogen and oxygen atoms in total. The Kier molecular flexibility index (Phi) is 4.50. The lowest BCUT2D eigenvalue weighted by molar-refractivity contribution is -0.116. The van der Waals surface area contributed by atoms with E-state index in [4.69, 9.17) is 0 Å². The van der Waals surface area contributed by atoms with Crippen molar-refractivity contribution in [3.05, 3.63) is 59.4 Å². The molecule has 1 aromatic heterocycles. The fourth-order valence-corrected chi connectivity index (χ4v) is 1.66. The zero-order valence-electron chi connectivity index (χ0n) is 10.9. The average Bonchev–Trinajstić information content (AvgIpc) is 2.92. The monoisotopic (exact) mass is 255 g/mol. The second-order valence-electron chi connectivity index (χ2n) is 4.20. The highest BCUT2D eigenvalue weighted by molar-refractivity contribution is 5.91. The summed E-state index contributed by atoms with van der Waals surface area (Å²) in [6.45, 7) is 2.51. The van der Waals surface area contributed by atoms with Crippen LogP contribution in [-0.2, 0) is 17.8 Å². The van der Waals surface area contributed by atoms with Crippen LogP contribution in [0.4, 0.5) is 0 Å². The largest absolute Gasteiger partial charge is 0.347 e. The van der Waals surface area contributed by atoms with E-state index in [2.05, 4.69) is 15.5 Å². The summed E-state index contributed by atoms with van der Waals surface area (Å²) >= 11 is 0. The highest BCUT2D eigenvalue weighted by Crippen LogP contribution is 2.01. The molecule has 0 saturated heterocycles. The van der Waals surface area contributed by atoms with Crippen molar-refractivity contribution in [3.8, 4) is 0 Å². The number of aromatic amines is 1. The summed E-state index contributed by atoms with van der Waals surface area (Å²) in [5.74, 6) is -0.114. The Morgan fingerprint density at radius 3 is 2.84 bits per heavy atom. The Morgan fingerprint density at radius 2 is 2.16 bits per heavy atom. The van der Waals surface area contributed by atoms with Crippen LogP contribution in [0.3, 0.4) is 0 Å². The maximum atomic E-state index is 11.6. The number of nitrogens with zero attached hydrogens (tertiary/aromatic N) is 1. The van der Waals surface area contributed by atoms with E-state index in [1.165, 1.54) is 6.08 Å². The molecule has 0 aliphatic heterocycles. The van der Waals surface area contributed by atoms with Gasteiger partial charge >= 0.3 is 0 Å². The Balaban J connectivity index is 1.83. The maximum absolute atomic E-state index is 11.6. The molecule has 0 radical (unpaired) electrons. The first kappa shape index (κ1) is 13.1. The minimum atomic E-state index is -0.114. The minimum Gasteiger partial charge on any atom is -0.347 e. The molecule has 0 aliphatic carbocycles. The van der Waals surface area contributed by atoms with E-state index >= 15 is 0 Å². The van der Waals surface area contributed by atoms with Crippen LogP contribution in [-0.4, -0.2) is 16.1 Å². The first-order chi connectivity index (χ1) is 9.28. The van der Waals surface area contributed by atoms with E-state index in [1.54, 1.807) is 6.08 Å². The van der Waals surface area contributed by atoms with E-state index in [9.17, 15) is 4.79 Å². The molecule has 19 heavy (non-hydrogen) atoms. The van der Waals surface area contributed by atoms with Crippen molar-refractivity contribution in [1.29, 1.82) is 0 Å². The zero-order chi connectivity index (χ0) is 13.5. The van der Waals surface area contributed by atoms with E-state index in [0.717, 1.165) is 23.4 Å². The Hall–Kier alpha value is -2.36. The van der Waals surface area contributed by atoms with Crippen LogP contribution in [0.1, 0.15) is 23.9 Å². The summed E-state index contributed by atoms with van der Waals surface area (Å²) in [5, 5.41) is 9.82. The number of aromatic nitrogens is 2. The molecule has 4 heteroatoms. The molecule has 0 aliphatic rings. The van der Waals surface area contributed by atoms with Crippen molar-refractivity contribution in [2.75, 3.05) is 0 Å².